The predicted molar refractivity (Wildman–Crippen MR) is 98.1 cm³/mol. The standard InChI is InChI=1S/C19H21N3O2S/c1-3-14-17(12(2)24-21-14)19(23)22-10-6-7-13(11-22)18-20-15-8-4-5-9-16(15)25-18/h4-5,8-9,13H,3,6-7,10-11H2,1-2H3/t13-/m0/s1. The SMILES string of the molecule is CCc1noc(C)c1C(=O)N1CCC[C@H](c2nc3ccccc3s2)C1. The third kappa shape index (κ3) is 2.95. The molecule has 0 radical (unpaired) electrons. The lowest BCUT2D eigenvalue weighted by Gasteiger charge is -2.31. The third-order valence-corrected chi connectivity index (χ3v) is 6.05. The lowest BCUT2D eigenvalue weighted by Crippen LogP contribution is -2.39. The van der Waals surface area contributed by atoms with Gasteiger partial charge in [-0.2, -0.15) is 0 Å². The van der Waals surface area contributed by atoms with Crippen LogP contribution in [0.1, 0.15) is 52.5 Å². The summed E-state index contributed by atoms with van der Waals surface area (Å²) in [5.74, 6) is 0.964. The van der Waals surface area contributed by atoms with Crippen LogP contribution in [0.5, 0.6) is 0 Å². The molecule has 0 unspecified atom stereocenters. The Morgan fingerprint density at radius 2 is 2.24 bits per heavy atom. The van der Waals surface area contributed by atoms with E-state index in [1.807, 2.05) is 30.9 Å². The van der Waals surface area contributed by atoms with Crippen LogP contribution in [-0.4, -0.2) is 34.0 Å². The first-order valence-corrected chi connectivity index (χ1v) is 9.59. The van der Waals surface area contributed by atoms with Crippen LogP contribution >= 0.6 is 11.3 Å². The zero-order chi connectivity index (χ0) is 17.4. The first-order valence-electron chi connectivity index (χ1n) is 8.77. The van der Waals surface area contributed by atoms with Crippen molar-refractivity contribution in [2.45, 2.75) is 39.0 Å². The molecule has 0 saturated carbocycles. The van der Waals surface area contributed by atoms with Crippen molar-refractivity contribution in [2.24, 2.45) is 0 Å². The fourth-order valence-electron chi connectivity index (χ4n) is 3.52. The van der Waals surface area contributed by atoms with E-state index in [0.29, 0.717) is 30.2 Å². The molecule has 0 bridgehead atoms. The highest BCUT2D eigenvalue weighted by Gasteiger charge is 2.30. The van der Waals surface area contributed by atoms with Crippen molar-refractivity contribution in [3.63, 3.8) is 0 Å². The van der Waals surface area contributed by atoms with Gasteiger partial charge >= 0.3 is 0 Å². The van der Waals surface area contributed by atoms with Gasteiger partial charge in [0.2, 0.25) is 0 Å². The molecule has 2 aromatic heterocycles. The zero-order valence-corrected chi connectivity index (χ0v) is 15.3. The molecule has 1 aromatic carbocycles. The van der Waals surface area contributed by atoms with Gasteiger partial charge in [0, 0.05) is 19.0 Å². The molecule has 25 heavy (non-hydrogen) atoms. The van der Waals surface area contributed by atoms with Crippen LogP contribution in [0.15, 0.2) is 28.8 Å². The Balaban J connectivity index is 1.58. The average Bonchev–Trinajstić information content (AvgIpc) is 3.24. The molecule has 3 aromatic rings. The van der Waals surface area contributed by atoms with Gasteiger partial charge in [-0.1, -0.05) is 24.2 Å². The van der Waals surface area contributed by atoms with Crippen LogP contribution < -0.4 is 0 Å². The molecule has 0 spiro atoms. The number of hydrogen-bond acceptors (Lipinski definition) is 5. The Morgan fingerprint density at radius 1 is 1.40 bits per heavy atom. The first kappa shape index (κ1) is 16.3. The molecular weight excluding hydrogens is 334 g/mol. The number of aryl methyl sites for hydroxylation is 2. The van der Waals surface area contributed by atoms with Crippen molar-refractivity contribution in [1.82, 2.24) is 15.0 Å². The van der Waals surface area contributed by atoms with E-state index in [0.717, 1.165) is 35.6 Å². The van der Waals surface area contributed by atoms with E-state index in [1.165, 1.54) is 4.70 Å². The Morgan fingerprint density at radius 3 is 3.04 bits per heavy atom. The Labute approximate surface area is 150 Å². The molecule has 3 heterocycles. The molecule has 1 amide bonds. The number of aromatic nitrogens is 2. The lowest BCUT2D eigenvalue weighted by atomic mass is 9.97. The van der Waals surface area contributed by atoms with Gasteiger partial charge in [0.1, 0.15) is 11.3 Å². The van der Waals surface area contributed by atoms with Crippen molar-refractivity contribution in [2.75, 3.05) is 13.1 Å². The highest BCUT2D eigenvalue weighted by molar-refractivity contribution is 7.18. The molecule has 6 heteroatoms. The summed E-state index contributed by atoms with van der Waals surface area (Å²) in [7, 11) is 0. The van der Waals surface area contributed by atoms with Crippen LogP contribution in [-0.2, 0) is 6.42 Å². The summed E-state index contributed by atoms with van der Waals surface area (Å²) in [4.78, 5) is 19.8. The fourth-order valence-corrected chi connectivity index (χ4v) is 4.61. The van der Waals surface area contributed by atoms with Gasteiger partial charge in [0.05, 0.1) is 20.9 Å². The van der Waals surface area contributed by atoms with E-state index in [-0.39, 0.29) is 5.91 Å². The van der Waals surface area contributed by atoms with Crippen LogP contribution in [0.3, 0.4) is 0 Å². The fraction of sp³-hybridized carbons (Fsp3) is 0.421. The summed E-state index contributed by atoms with van der Waals surface area (Å²) in [5, 5.41) is 5.16. The highest BCUT2D eigenvalue weighted by atomic mass is 32.1. The quantitative estimate of drug-likeness (QED) is 0.707. The van der Waals surface area contributed by atoms with Crippen LogP contribution in [0, 0.1) is 6.92 Å². The molecule has 130 valence electrons. The minimum Gasteiger partial charge on any atom is -0.361 e. The number of likely N-dealkylation sites (tertiary alicyclic amines) is 1. The predicted octanol–water partition coefficient (Wildman–Crippen LogP) is 4.17. The molecule has 1 atom stereocenters. The van der Waals surface area contributed by atoms with Gasteiger partial charge < -0.3 is 9.42 Å². The zero-order valence-electron chi connectivity index (χ0n) is 14.5. The van der Waals surface area contributed by atoms with E-state index in [9.17, 15) is 4.79 Å². The lowest BCUT2D eigenvalue weighted by molar-refractivity contribution is 0.0704. The van der Waals surface area contributed by atoms with E-state index >= 15 is 0 Å². The summed E-state index contributed by atoms with van der Waals surface area (Å²) in [5.41, 5.74) is 2.45. The van der Waals surface area contributed by atoms with Gasteiger partial charge in [0.15, 0.2) is 0 Å². The summed E-state index contributed by atoms with van der Waals surface area (Å²) in [6.45, 7) is 5.31. The first-order chi connectivity index (χ1) is 12.2. The molecule has 0 aliphatic carbocycles. The summed E-state index contributed by atoms with van der Waals surface area (Å²) < 4.78 is 6.45. The minimum atomic E-state index is 0.0430. The van der Waals surface area contributed by atoms with Gasteiger partial charge in [-0.05, 0) is 38.3 Å². The number of hydrogen-bond donors (Lipinski definition) is 0. The number of carbonyl (C=O) groups is 1. The summed E-state index contributed by atoms with van der Waals surface area (Å²) >= 11 is 1.75. The second-order valence-electron chi connectivity index (χ2n) is 6.52. The van der Waals surface area contributed by atoms with Crippen LogP contribution in [0.25, 0.3) is 10.2 Å². The van der Waals surface area contributed by atoms with E-state index < -0.39 is 0 Å². The normalized spacial score (nSPS) is 18.0. The number of para-hydroxylation sites is 1. The van der Waals surface area contributed by atoms with Crippen molar-refractivity contribution in [3.05, 3.63) is 46.3 Å². The Kier molecular flexibility index (Phi) is 4.29. The number of nitrogens with zero attached hydrogens (tertiary/aromatic N) is 3. The van der Waals surface area contributed by atoms with Gasteiger partial charge in [0.25, 0.3) is 5.91 Å². The smallest absolute Gasteiger partial charge is 0.259 e. The molecule has 4 rings (SSSR count). The Hall–Kier alpha value is -2.21. The molecule has 1 saturated heterocycles. The maximum atomic E-state index is 13.0. The second-order valence-corrected chi connectivity index (χ2v) is 7.59. The topological polar surface area (TPSA) is 59.2 Å². The molecular formula is C19H21N3O2S. The number of rotatable bonds is 3. The number of amides is 1. The summed E-state index contributed by atoms with van der Waals surface area (Å²) in [6.07, 6.45) is 2.78. The number of fused-ring (bicyclic) bond motifs is 1. The molecule has 1 fully saturated rings. The van der Waals surface area contributed by atoms with Gasteiger partial charge in [-0.3, -0.25) is 4.79 Å². The van der Waals surface area contributed by atoms with Crippen molar-refractivity contribution in [1.29, 1.82) is 0 Å². The van der Waals surface area contributed by atoms with E-state index in [4.69, 9.17) is 9.51 Å². The monoisotopic (exact) mass is 355 g/mol. The number of piperidine rings is 1. The highest BCUT2D eigenvalue weighted by Crippen LogP contribution is 2.33. The average molecular weight is 355 g/mol. The Bertz CT molecular complexity index is 881. The van der Waals surface area contributed by atoms with Gasteiger partial charge in [-0.15, -0.1) is 11.3 Å². The van der Waals surface area contributed by atoms with Crippen LogP contribution in [0.4, 0.5) is 0 Å². The largest absolute Gasteiger partial charge is 0.361 e. The molecule has 1 aliphatic heterocycles. The maximum Gasteiger partial charge on any atom is 0.259 e. The van der Waals surface area contributed by atoms with Crippen molar-refractivity contribution >= 4 is 27.5 Å². The van der Waals surface area contributed by atoms with Crippen molar-refractivity contribution in [3.8, 4) is 0 Å². The molecule has 0 N–H and O–H groups in total. The van der Waals surface area contributed by atoms with E-state index in [2.05, 4.69) is 17.3 Å². The third-order valence-electron chi connectivity index (χ3n) is 4.85. The molecule has 1 aliphatic rings. The number of thiazole rings is 1. The second kappa shape index (κ2) is 6.59. The molecule has 5 nitrogen and oxygen atoms in total. The maximum absolute atomic E-state index is 13.0. The van der Waals surface area contributed by atoms with Crippen molar-refractivity contribution < 1.29 is 9.32 Å². The van der Waals surface area contributed by atoms with Crippen LogP contribution in [0.2, 0.25) is 0 Å². The number of carbonyl (C=O) groups excluding carboxylic acids is 1. The summed E-state index contributed by atoms with van der Waals surface area (Å²) in [6, 6.07) is 8.22. The number of benzene rings is 1. The van der Waals surface area contributed by atoms with E-state index in [1.54, 1.807) is 11.3 Å². The minimum absolute atomic E-state index is 0.0430. The van der Waals surface area contributed by atoms with Gasteiger partial charge in [-0.25, -0.2) is 4.98 Å².